The van der Waals surface area contributed by atoms with Crippen molar-refractivity contribution in [1.82, 2.24) is 0 Å². The summed E-state index contributed by atoms with van der Waals surface area (Å²) in [6, 6.07) is 16.0. The lowest BCUT2D eigenvalue weighted by atomic mass is 9.80. The molecule has 32 heavy (non-hydrogen) atoms. The lowest BCUT2D eigenvalue weighted by Gasteiger charge is -2.23. The van der Waals surface area contributed by atoms with Crippen LogP contribution < -0.4 is 0 Å². The summed E-state index contributed by atoms with van der Waals surface area (Å²) in [7, 11) is 0. The van der Waals surface area contributed by atoms with Crippen molar-refractivity contribution in [2.24, 2.45) is 5.92 Å². The fraction of sp³-hybridized carbons (Fsp3) is 0.556. The van der Waals surface area contributed by atoms with Gasteiger partial charge in [0.05, 0.1) is 17.3 Å². The van der Waals surface area contributed by atoms with Crippen LogP contribution in [0.25, 0.3) is 0 Å². The van der Waals surface area contributed by atoms with Gasteiger partial charge in [-0.15, -0.1) is 0 Å². The highest BCUT2D eigenvalue weighted by Gasteiger charge is 2.58. The molecule has 2 aromatic rings. The highest BCUT2D eigenvalue weighted by molar-refractivity contribution is 6.30. The quantitative estimate of drug-likeness (QED) is 0.459. The Balaban J connectivity index is 0.000000135. The summed E-state index contributed by atoms with van der Waals surface area (Å²) < 4.78 is 11.8. The van der Waals surface area contributed by atoms with Crippen LogP contribution in [0.15, 0.2) is 48.5 Å². The fourth-order valence-corrected chi connectivity index (χ4v) is 5.98. The maximum Gasteiger partial charge on any atom is 0.112 e. The molecule has 4 fully saturated rings. The fourth-order valence-electron chi connectivity index (χ4n) is 5.59. The lowest BCUT2D eigenvalue weighted by molar-refractivity contribution is 0.0921. The first-order valence-electron chi connectivity index (χ1n) is 11.9. The Kier molecular flexibility index (Phi) is 6.32. The van der Waals surface area contributed by atoms with Gasteiger partial charge in [0, 0.05) is 10.0 Å². The third-order valence-corrected chi connectivity index (χ3v) is 8.24. The van der Waals surface area contributed by atoms with Gasteiger partial charge in [-0.3, -0.25) is 0 Å². The molecule has 5 heteroatoms. The summed E-state index contributed by atoms with van der Waals surface area (Å²) in [5, 5.41) is 11.1. The Morgan fingerprint density at radius 1 is 0.750 bits per heavy atom. The molecule has 2 saturated carbocycles. The summed E-state index contributed by atoms with van der Waals surface area (Å²) in [5.41, 5.74) is 2.59. The molecule has 2 atom stereocenters. The van der Waals surface area contributed by atoms with E-state index in [9.17, 15) is 5.11 Å². The van der Waals surface area contributed by atoms with Gasteiger partial charge in [0.1, 0.15) is 12.2 Å². The molecule has 0 amide bonds. The molecule has 2 spiro atoms. The van der Waals surface area contributed by atoms with E-state index >= 15 is 0 Å². The number of hydrogen-bond acceptors (Lipinski definition) is 3. The van der Waals surface area contributed by atoms with Crippen LogP contribution in [0.1, 0.15) is 81.6 Å². The smallest absolute Gasteiger partial charge is 0.112 e. The van der Waals surface area contributed by atoms with Crippen LogP contribution in [0.2, 0.25) is 10.0 Å². The number of aliphatic hydroxyl groups excluding tert-OH is 1. The van der Waals surface area contributed by atoms with Crippen molar-refractivity contribution in [1.29, 1.82) is 0 Å². The maximum absolute atomic E-state index is 9.49. The number of ether oxygens (including phenoxy) is 2. The van der Waals surface area contributed by atoms with Gasteiger partial charge in [0.2, 0.25) is 0 Å². The van der Waals surface area contributed by atoms with Gasteiger partial charge in [0.15, 0.2) is 0 Å². The predicted molar refractivity (Wildman–Crippen MR) is 128 cm³/mol. The summed E-state index contributed by atoms with van der Waals surface area (Å²) >= 11 is 12.0. The highest BCUT2D eigenvalue weighted by atomic mass is 35.5. The van der Waals surface area contributed by atoms with E-state index in [1.165, 1.54) is 36.8 Å². The molecule has 2 heterocycles. The van der Waals surface area contributed by atoms with Crippen molar-refractivity contribution in [3.8, 4) is 0 Å². The first-order valence-corrected chi connectivity index (χ1v) is 12.7. The predicted octanol–water partition coefficient (Wildman–Crippen LogP) is 7.45. The van der Waals surface area contributed by atoms with Crippen molar-refractivity contribution in [3.05, 3.63) is 69.7 Å². The van der Waals surface area contributed by atoms with Gasteiger partial charge < -0.3 is 14.6 Å². The Labute approximate surface area is 201 Å². The van der Waals surface area contributed by atoms with E-state index in [-0.39, 0.29) is 23.4 Å². The molecule has 2 aliphatic heterocycles. The normalized spacial score (nSPS) is 37.6. The van der Waals surface area contributed by atoms with E-state index in [1.807, 2.05) is 36.4 Å². The van der Waals surface area contributed by atoms with Gasteiger partial charge in [-0.1, -0.05) is 54.4 Å². The van der Waals surface area contributed by atoms with Gasteiger partial charge in [0.25, 0.3) is 0 Å². The number of aliphatic hydroxyl groups is 1. The molecule has 2 saturated heterocycles. The van der Waals surface area contributed by atoms with E-state index in [4.69, 9.17) is 32.7 Å². The Morgan fingerprint density at radius 2 is 1.19 bits per heavy atom. The third kappa shape index (κ3) is 4.74. The van der Waals surface area contributed by atoms with E-state index in [0.29, 0.717) is 6.10 Å². The Bertz CT molecular complexity index is 868. The summed E-state index contributed by atoms with van der Waals surface area (Å²) in [4.78, 5) is 0. The van der Waals surface area contributed by atoms with E-state index < -0.39 is 0 Å². The minimum Gasteiger partial charge on any atom is -0.393 e. The minimum absolute atomic E-state index is 0.00388. The van der Waals surface area contributed by atoms with Crippen LogP contribution in [-0.4, -0.2) is 22.4 Å². The van der Waals surface area contributed by atoms with Gasteiger partial charge in [-0.25, -0.2) is 0 Å². The van der Waals surface area contributed by atoms with Crippen molar-refractivity contribution >= 4 is 23.2 Å². The number of epoxide rings is 2. The molecular weight excluding hydrogens is 443 g/mol. The van der Waals surface area contributed by atoms with Crippen LogP contribution in [0.5, 0.6) is 0 Å². The van der Waals surface area contributed by atoms with E-state index in [1.54, 1.807) is 0 Å². The second-order valence-corrected chi connectivity index (χ2v) is 11.0. The maximum atomic E-state index is 9.49. The SMILES string of the molecule is CC1CCC2(CC1)OC2c1cccc(Cl)c1.OC1CCC2(CC1)OC2c1cccc(Cl)c1. The molecule has 2 aliphatic carbocycles. The molecule has 3 nitrogen and oxygen atoms in total. The van der Waals surface area contributed by atoms with Crippen molar-refractivity contribution in [2.75, 3.05) is 0 Å². The second-order valence-electron chi connectivity index (χ2n) is 10.1. The van der Waals surface area contributed by atoms with Crippen LogP contribution in [0.3, 0.4) is 0 Å². The molecule has 0 bridgehead atoms. The molecule has 2 aromatic carbocycles. The van der Waals surface area contributed by atoms with Crippen LogP contribution in [0.4, 0.5) is 0 Å². The molecular formula is C27H32Cl2O3. The van der Waals surface area contributed by atoms with Gasteiger partial charge >= 0.3 is 0 Å². The van der Waals surface area contributed by atoms with Gasteiger partial charge in [-0.2, -0.15) is 0 Å². The summed E-state index contributed by atoms with van der Waals surface area (Å²) in [5.74, 6) is 0.870. The zero-order chi connectivity index (χ0) is 22.3. The molecule has 2 unspecified atom stereocenters. The van der Waals surface area contributed by atoms with Crippen LogP contribution in [0, 0.1) is 5.92 Å². The van der Waals surface area contributed by atoms with Gasteiger partial charge in [-0.05, 0) is 92.7 Å². The van der Waals surface area contributed by atoms with Crippen LogP contribution in [-0.2, 0) is 9.47 Å². The third-order valence-electron chi connectivity index (χ3n) is 7.77. The van der Waals surface area contributed by atoms with Crippen LogP contribution >= 0.6 is 23.2 Å². The van der Waals surface area contributed by atoms with E-state index in [2.05, 4.69) is 19.1 Å². The number of benzene rings is 2. The Morgan fingerprint density at radius 3 is 1.62 bits per heavy atom. The second kappa shape index (κ2) is 8.92. The lowest BCUT2D eigenvalue weighted by Crippen LogP contribution is -2.25. The molecule has 172 valence electrons. The standard InChI is InChI=1S/C14H17ClO.C13H15ClO2/c1-10-5-7-14(8-6-10)13(16-14)11-3-2-4-12(15)9-11;14-10-3-1-2-9(8-10)12-13(16-12)6-4-11(15)5-7-13/h2-4,9-10,13H,5-8H2,1H3;1-3,8,11-12,15H,4-7H2. The highest BCUT2D eigenvalue weighted by Crippen LogP contribution is 2.59. The average Bonchev–Trinajstić information content (AvgIpc) is 3.69. The van der Waals surface area contributed by atoms with Crippen molar-refractivity contribution in [3.63, 3.8) is 0 Å². The topological polar surface area (TPSA) is 45.3 Å². The van der Waals surface area contributed by atoms with E-state index in [0.717, 1.165) is 41.6 Å². The molecule has 6 rings (SSSR count). The van der Waals surface area contributed by atoms with Crippen molar-refractivity contribution < 1.29 is 14.6 Å². The number of hydrogen-bond donors (Lipinski definition) is 1. The average molecular weight is 475 g/mol. The first kappa shape index (κ1) is 22.7. The molecule has 1 N–H and O–H groups in total. The number of halogens is 2. The molecule has 4 aliphatic rings. The number of rotatable bonds is 2. The Hall–Kier alpha value is -1.10. The zero-order valence-corrected chi connectivity index (χ0v) is 20.1. The van der Waals surface area contributed by atoms with Crippen molar-refractivity contribution in [2.45, 2.75) is 87.8 Å². The molecule has 0 aromatic heterocycles. The first-order chi connectivity index (χ1) is 15.4. The minimum atomic E-state index is -0.130. The monoisotopic (exact) mass is 474 g/mol. The molecule has 0 radical (unpaired) electrons. The summed E-state index contributed by atoms with van der Waals surface area (Å²) in [6.45, 7) is 2.34. The zero-order valence-electron chi connectivity index (χ0n) is 18.6. The largest absolute Gasteiger partial charge is 0.393 e. The summed E-state index contributed by atoms with van der Waals surface area (Å²) in [6.07, 6.45) is 9.04.